The highest BCUT2D eigenvalue weighted by atomic mass is 35.5. The van der Waals surface area contributed by atoms with Gasteiger partial charge in [0.2, 0.25) is 0 Å². The van der Waals surface area contributed by atoms with Crippen molar-refractivity contribution in [3.8, 4) is 11.5 Å². The van der Waals surface area contributed by atoms with Crippen molar-refractivity contribution in [1.82, 2.24) is 10.3 Å². The monoisotopic (exact) mass is 411 g/mol. The smallest absolute Gasteiger partial charge is 0.139 e. The summed E-state index contributed by atoms with van der Waals surface area (Å²) in [5.41, 5.74) is 2.06. The molecule has 2 N–H and O–H groups in total. The van der Waals surface area contributed by atoms with Crippen molar-refractivity contribution in [1.29, 1.82) is 0 Å². The average molecular weight is 412 g/mol. The summed E-state index contributed by atoms with van der Waals surface area (Å²) in [6.07, 6.45) is 5.10. The molecule has 4 rings (SSSR count). The fourth-order valence-electron chi connectivity index (χ4n) is 3.66. The second kappa shape index (κ2) is 8.89. The van der Waals surface area contributed by atoms with Crippen LogP contribution >= 0.6 is 11.6 Å². The normalized spacial score (nSPS) is 14.7. The van der Waals surface area contributed by atoms with Gasteiger partial charge in [-0.25, -0.2) is 4.98 Å². The van der Waals surface area contributed by atoms with E-state index in [1.807, 2.05) is 30.5 Å². The Balaban J connectivity index is 1.59. The van der Waals surface area contributed by atoms with Crippen molar-refractivity contribution in [2.45, 2.75) is 32.3 Å². The molecule has 0 unspecified atom stereocenters. The van der Waals surface area contributed by atoms with Crippen LogP contribution in [0.1, 0.15) is 25.3 Å². The van der Waals surface area contributed by atoms with E-state index in [0.29, 0.717) is 10.8 Å². The molecule has 2 aromatic carbocycles. The number of pyridine rings is 1. The van der Waals surface area contributed by atoms with E-state index in [1.54, 1.807) is 7.11 Å². The predicted molar refractivity (Wildman–Crippen MR) is 119 cm³/mol. The molecule has 0 atom stereocenters. The Hall–Kier alpha value is -2.50. The van der Waals surface area contributed by atoms with E-state index < -0.39 is 0 Å². The van der Waals surface area contributed by atoms with Gasteiger partial charge in [0, 0.05) is 23.3 Å². The molecule has 1 aromatic heterocycles. The van der Waals surface area contributed by atoms with Crippen LogP contribution < -0.4 is 20.1 Å². The number of hydrogen-bond acceptors (Lipinski definition) is 5. The van der Waals surface area contributed by atoms with Crippen molar-refractivity contribution < 1.29 is 9.47 Å². The molecule has 152 valence electrons. The first-order valence-electron chi connectivity index (χ1n) is 10.1. The third-order valence-electron chi connectivity index (χ3n) is 5.30. The Labute approximate surface area is 176 Å². The van der Waals surface area contributed by atoms with Gasteiger partial charge in [-0.15, -0.1) is 0 Å². The van der Waals surface area contributed by atoms with Crippen LogP contribution in [0.4, 0.5) is 11.5 Å². The lowest BCUT2D eigenvalue weighted by Crippen LogP contribution is -2.34. The Morgan fingerprint density at radius 3 is 2.72 bits per heavy atom. The number of fused-ring (bicyclic) bond motifs is 1. The Morgan fingerprint density at radius 2 is 1.97 bits per heavy atom. The zero-order valence-corrected chi connectivity index (χ0v) is 17.6. The van der Waals surface area contributed by atoms with E-state index >= 15 is 0 Å². The summed E-state index contributed by atoms with van der Waals surface area (Å²) in [5, 5.41) is 9.57. The molecule has 2 heterocycles. The van der Waals surface area contributed by atoms with Gasteiger partial charge in [0.05, 0.1) is 12.1 Å². The summed E-state index contributed by atoms with van der Waals surface area (Å²) in [7, 11) is 1.62. The fraction of sp³-hybridized carbons (Fsp3) is 0.348. The minimum Gasteiger partial charge on any atom is -0.495 e. The van der Waals surface area contributed by atoms with Crippen LogP contribution in [-0.4, -0.2) is 31.3 Å². The number of piperidine rings is 1. The first-order chi connectivity index (χ1) is 14.2. The van der Waals surface area contributed by atoms with Crippen LogP contribution in [0.3, 0.4) is 0 Å². The molecule has 5 nitrogen and oxygen atoms in total. The van der Waals surface area contributed by atoms with E-state index in [9.17, 15) is 0 Å². The predicted octanol–water partition coefficient (Wildman–Crippen LogP) is 5.33. The molecule has 0 aliphatic carbocycles. The molecule has 1 fully saturated rings. The molecule has 1 aliphatic heterocycles. The lowest BCUT2D eigenvalue weighted by Gasteiger charge is -2.24. The van der Waals surface area contributed by atoms with E-state index in [-0.39, 0.29) is 6.10 Å². The van der Waals surface area contributed by atoms with Crippen LogP contribution in [-0.2, 0) is 6.42 Å². The highest BCUT2D eigenvalue weighted by Crippen LogP contribution is 2.33. The number of hydrogen-bond donors (Lipinski definition) is 2. The summed E-state index contributed by atoms with van der Waals surface area (Å²) < 4.78 is 11.6. The molecular formula is C23H26ClN3O2. The first-order valence-corrected chi connectivity index (χ1v) is 10.4. The molecule has 0 amide bonds. The van der Waals surface area contributed by atoms with Gasteiger partial charge in [0.15, 0.2) is 0 Å². The van der Waals surface area contributed by atoms with Gasteiger partial charge in [0.1, 0.15) is 23.4 Å². The lowest BCUT2D eigenvalue weighted by molar-refractivity contribution is 0.162. The number of benzene rings is 2. The van der Waals surface area contributed by atoms with E-state index in [1.165, 1.54) is 0 Å². The zero-order valence-electron chi connectivity index (χ0n) is 16.8. The first kappa shape index (κ1) is 19.8. The SMILES string of the molecule is CCc1cc(Cl)c(OC)cc1Nc1cc2cc(OC3CCNCC3)ccc2cn1. The molecule has 6 heteroatoms. The van der Waals surface area contributed by atoms with Gasteiger partial charge in [-0.3, -0.25) is 0 Å². The molecular weight excluding hydrogens is 386 g/mol. The minimum atomic E-state index is 0.279. The maximum atomic E-state index is 6.27. The average Bonchev–Trinajstić information content (AvgIpc) is 2.75. The standard InChI is InChI=1S/C23H26ClN3O2/c1-3-15-11-20(24)22(28-2)13-21(15)27-23-12-17-10-19(5-4-16(17)14-26-23)29-18-6-8-25-9-7-18/h4-5,10-14,18,25H,3,6-9H2,1-2H3,(H,26,27). The topological polar surface area (TPSA) is 55.4 Å². The maximum Gasteiger partial charge on any atom is 0.139 e. The number of nitrogens with zero attached hydrogens (tertiary/aromatic N) is 1. The van der Waals surface area contributed by atoms with E-state index in [0.717, 1.165) is 65.9 Å². The van der Waals surface area contributed by atoms with Gasteiger partial charge in [-0.05, 0) is 73.6 Å². The molecule has 1 aliphatic rings. The second-order valence-electron chi connectivity index (χ2n) is 7.27. The molecule has 0 saturated carbocycles. The summed E-state index contributed by atoms with van der Waals surface area (Å²) in [4.78, 5) is 4.57. The summed E-state index contributed by atoms with van der Waals surface area (Å²) in [6, 6.07) is 12.1. The molecule has 0 bridgehead atoms. The fourth-order valence-corrected chi connectivity index (χ4v) is 3.93. The highest BCUT2D eigenvalue weighted by Gasteiger charge is 2.15. The molecule has 3 aromatic rings. The highest BCUT2D eigenvalue weighted by molar-refractivity contribution is 6.32. The van der Waals surface area contributed by atoms with Gasteiger partial charge in [-0.1, -0.05) is 18.5 Å². The zero-order chi connectivity index (χ0) is 20.2. The van der Waals surface area contributed by atoms with E-state index in [2.05, 4.69) is 34.7 Å². The number of aryl methyl sites for hydroxylation is 1. The third-order valence-corrected chi connectivity index (χ3v) is 5.60. The Morgan fingerprint density at radius 1 is 1.14 bits per heavy atom. The number of aromatic nitrogens is 1. The van der Waals surface area contributed by atoms with Crippen molar-refractivity contribution >= 4 is 33.9 Å². The van der Waals surface area contributed by atoms with Crippen LogP contribution in [0, 0.1) is 0 Å². The number of anilines is 2. The van der Waals surface area contributed by atoms with Gasteiger partial charge in [0.25, 0.3) is 0 Å². The largest absolute Gasteiger partial charge is 0.495 e. The maximum absolute atomic E-state index is 6.27. The van der Waals surface area contributed by atoms with Crippen LogP contribution in [0.15, 0.2) is 42.6 Å². The van der Waals surface area contributed by atoms with Crippen molar-refractivity contribution in [2.24, 2.45) is 0 Å². The van der Waals surface area contributed by atoms with Gasteiger partial charge < -0.3 is 20.1 Å². The summed E-state index contributed by atoms with van der Waals surface area (Å²) >= 11 is 6.27. The summed E-state index contributed by atoms with van der Waals surface area (Å²) in [5.74, 6) is 2.32. The van der Waals surface area contributed by atoms with Crippen molar-refractivity contribution in [2.75, 3.05) is 25.5 Å². The number of ether oxygens (including phenoxy) is 2. The summed E-state index contributed by atoms with van der Waals surface area (Å²) in [6.45, 7) is 4.13. The number of nitrogens with one attached hydrogen (secondary N) is 2. The van der Waals surface area contributed by atoms with E-state index in [4.69, 9.17) is 21.1 Å². The quantitative estimate of drug-likeness (QED) is 0.573. The van der Waals surface area contributed by atoms with Crippen molar-refractivity contribution in [3.05, 3.63) is 53.2 Å². The Kier molecular flexibility index (Phi) is 6.07. The number of methoxy groups -OCH3 is 1. The number of rotatable bonds is 6. The molecule has 0 radical (unpaired) electrons. The van der Waals surface area contributed by atoms with Crippen molar-refractivity contribution in [3.63, 3.8) is 0 Å². The minimum absolute atomic E-state index is 0.279. The third kappa shape index (κ3) is 4.57. The molecule has 29 heavy (non-hydrogen) atoms. The van der Waals surface area contributed by atoms with Crippen LogP contribution in [0.25, 0.3) is 10.8 Å². The van der Waals surface area contributed by atoms with Crippen LogP contribution in [0.2, 0.25) is 5.02 Å². The second-order valence-corrected chi connectivity index (χ2v) is 7.68. The number of halogens is 1. The van der Waals surface area contributed by atoms with Gasteiger partial charge in [-0.2, -0.15) is 0 Å². The molecule has 0 spiro atoms. The Bertz CT molecular complexity index is 1000. The van der Waals surface area contributed by atoms with Gasteiger partial charge >= 0.3 is 0 Å². The molecule has 1 saturated heterocycles. The van der Waals surface area contributed by atoms with Crippen LogP contribution in [0.5, 0.6) is 11.5 Å². The lowest BCUT2D eigenvalue weighted by atomic mass is 10.1.